The summed E-state index contributed by atoms with van der Waals surface area (Å²) in [7, 11) is 0. The van der Waals surface area contributed by atoms with Crippen LogP contribution in [-0.2, 0) is 10.2 Å². The molecule has 0 radical (unpaired) electrons. The summed E-state index contributed by atoms with van der Waals surface area (Å²) in [5, 5.41) is 9.58. The van der Waals surface area contributed by atoms with Crippen molar-refractivity contribution < 1.29 is 9.18 Å². The Labute approximate surface area is 217 Å². The lowest BCUT2D eigenvalue weighted by Crippen LogP contribution is -2.44. The van der Waals surface area contributed by atoms with E-state index in [1.54, 1.807) is 6.07 Å². The predicted molar refractivity (Wildman–Crippen MR) is 146 cm³/mol. The second-order valence-corrected chi connectivity index (χ2v) is 9.34. The molecule has 38 heavy (non-hydrogen) atoms. The van der Waals surface area contributed by atoms with E-state index >= 15 is 0 Å². The number of nitrogens with zero attached hydrogens (tertiary/aromatic N) is 1. The average molecular weight is 501 g/mol. The first-order valence-electron chi connectivity index (χ1n) is 12.2. The molecule has 3 heterocycles. The second kappa shape index (κ2) is 8.18. The molecule has 0 fully saturated rings. The first kappa shape index (κ1) is 22.1. The lowest BCUT2D eigenvalue weighted by molar-refractivity contribution is -0.117. The van der Waals surface area contributed by atoms with E-state index < -0.39 is 22.7 Å². The molecule has 1 spiro atoms. The molecule has 5 aromatic rings. The Morgan fingerprint density at radius 2 is 1.34 bits per heavy atom. The van der Waals surface area contributed by atoms with Crippen molar-refractivity contribution in [1.29, 1.82) is 0 Å². The van der Waals surface area contributed by atoms with Crippen LogP contribution in [0.2, 0.25) is 0 Å². The predicted octanol–water partition coefficient (Wildman–Crippen LogP) is 5.54. The van der Waals surface area contributed by atoms with E-state index in [9.17, 15) is 14.0 Å². The molecule has 0 saturated heterocycles. The van der Waals surface area contributed by atoms with Crippen molar-refractivity contribution in [2.24, 2.45) is 0 Å². The molecular weight excluding hydrogens is 479 g/mol. The number of carbonyl (C=O) groups is 1. The molecular formula is C31H21FN4O2. The van der Waals surface area contributed by atoms with E-state index in [2.05, 4.69) is 15.7 Å². The largest absolute Gasteiger partial charge is 0.339 e. The third-order valence-electron chi connectivity index (χ3n) is 7.25. The van der Waals surface area contributed by atoms with Crippen LogP contribution in [0.25, 0.3) is 17.0 Å². The number of nitrogens with one attached hydrogen (secondary N) is 3. The summed E-state index contributed by atoms with van der Waals surface area (Å²) in [4.78, 5) is 28.5. The zero-order valence-electron chi connectivity index (χ0n) is 20.0. The first-order chi connectivity index (χ1) is 18.6. The number of amides is 1. The fraction of sp³-hybridized carbons (Fsp3) is 0.0323. The molecule has 0 aliphatic carbocycles. The second-order valence-electron chi connectivity index (χ2n) is 9.34. The fourth-order valence-corrected chi connectivity index (χ4v) is 5.69. The van der Waals surface area contributed by atoms with E-state index in [1.165, 1.54) is 16.8 Å². The van der Waals surface area contributed by atoms with Crippen LogP contribution in [0.15, 0.2) is 114 Å². The molecule has 1 aromatic heterocycles. The molecule has 3 N–H and O–H groups in total. The number of H-pyrrole nitrogens is 1. The molecule has 1 amide bonds. The summed E-state index contributed by atoms with van der Waals surface area (Å²) in [5.41, 5.74) is 2.47. The van der Waals surface area contributed by atoms with Gasteiger partial charge in [-0.15, -0.1) is 0 Å². The highest BCUT2D eigenvalue weighted by Gasteiger charge is 2.58. The smallest absolute Gasteiger partial charge is 0.278 e. The van der Waals surface area contributed by atoms with Crippen LogP contribution in [0.3, 0.4) is 0 Å². The Morgan fingerprint density at radius 1 is 0.711 bits per heavy atom. The topological polar surface area (TPSA) is 78.9 Å². The molecule has 184 valence electrons. The maximum absolute atomic E-state index is 14.9. The SMILES string of the molecule is O=C1Nc2ccc(F)cc2C12C(c1ccccc1)=C(c1ccccc1)Nc1[nH]n(-c3ccccc3)c(=O)c12. The van der Waals surface area contributed by atoms with Crippen molar-refractivity contribution >= 4 is 28.7 Å². The molecule has 0 saturated carbocycles. The van der Waals surface area contributed by atoms with Crippen molar-refractivity contribution in [2.75, 3.05) is 10.6 Å². The lowest BCUT2D eigenvalue weighted by atomic mass is 9.65. The van der Waals surface area contributed by atoms with Gasteiger partial charge in [-0.3, -0.25) is 14.7 Å². The van der Waals surface area contributed by atoms with Gasteiger partial charge < -0.3 is 10.6 Å². The molecule has 2 aliphatic heterocycles. The van der Waals surface area contributed by atoms with Gasteiger partial charge in [0.1, 0.15) is 17.1 Å². The van der Waals surface area contributed by atoms with Gasteiger partial charge in [-0.1, -0.05) is 78.9 Å². The number of carbonyl (C=O) groups excluding carboxylic acids is 1. The van der Waals surface area contributed by atoms with Gasteiger partial charge in [0, 0.05) is 16.8 Å². The number of aromatic amines is 1. The third kappa shape index (κ3) is 2.99. The Morgan fingerprint density at radius 3 is 2.03 bits per heavy atom. The van der Waals surface area contributed by atoms with Gasteiger partial charge in [0.05, 0.1) is 16.9 Å². The van der Waals surface area contributed by atoms with Gasteiger partial charge in [-0.2, -0.15) is 0 Å². The first-order valence-corrected chi connectivity index (χ1v) is 12.2. The summed E-state index contributed by atoms with van der Waals surface area (Å²) < 4.78 is 16.3. The Balaban J connectivity index is 1.66. The van der Waals surface area contributed by atoms with E-state index in [4.69, 9.17) is 0 Å². The van der Waals surface area contributed by atoms with Crippen molar-refractivity contribution in [2.45, 2.75) is 5.41 Å². The van der Waals surface area contributed by atoms with Crippen LogP contribution < -0.4 is 16.2 Å². The standard InChI is InChI=1S/C31H21FN4O2/c32-21-16-17-24-23(18-21)31(30(38)33-24)25(19-10-4-1-5-11-19)27(20-12-6-2-7-13-20)34-28-26(31)29(37)36(35-28)22-14-8-3-9-15-22/h1-18,34-35H,(H,33,38). The maximum Gasteiger partial charge on any atom is 0.278 e. The monoisotopic (exact) mass is 500 g/mol. The van der Waals surface area contributed by atoms with Gasteiger partial charge in [-0.25, -0.2) is 9.07 Å². The third-order valence-corrected chi connectivity index (χ3v) is 7.25. The van der Waals surface area contributed by atoms with E-state index in [0.29, 0.717) is 34.0 Å². The van der Waals surface area contributed by atoms with Crippen LogP contribution in [0, 0.1) is 5.82 Å². The minimum atomic E-state index is -1.61. The Kier molecular flexibility index (Phi) is 4.75. The molecule has 0 bridgehead atoms. The molecule has 4 aromatic carbocycles. The Bertz CT molecular complexity index is 1810. The maximum atomic E-state index is 14.9. The normalized spacial score (nSPS) is 17.7. The lowest BCUT2D eigenvalue weighted by Gasteiger charge is -2.36. The molecule has 6 nitrogen and oxygen atoms in total. The molecule has 7 rings (SSSR count). The number of rotatable bonds is 3. The number of halogens is 1. The highest BCUT2D eigenvalue weighted by Crippen LogP contribution is 2.56. The van der Waals surface area contributed by atoms with Gasteiger partial charge in [0.25, 0.3) is 5.56 Å². The summed E-state index contributed by atoms with van der Waals surface area (Å²) in [6.07, 6.45) is 0. The number of benzene rings is 4. The van der Waals surface area contributed by atoms with Crippen molar-refractivity contribution in [3.8, 4) is 5.69 Å². The van der Waals surface area contributed by atoms with Crippen LogP contribution in [0.4, 0.5) is 15.9 Å². The number of hydrogen-bond acceptors (Lipinski definition) is 3. The summed E-state index contributed by atoms with van der Waals surface area (Å²) in [6, 6.07) is 32.4. The van der Waals surface area contributed by atoms with E-state index in [1.807, 2.05) is 91.0 Å². The van der Waals surface area contributed by atoms with E-state index in [-0.39, 0.29) is 5.56 Å². The zero-order chi connectivity index (χ0) is 25.9. The van der Waals surface area contributed by atoms with Gasteiger partial charge in [0.15, 0.2) is 0 Å². The Hall–Kier alpha value is -5.17. The van der Waals surface area contributed by atoms with Crippen molar-refractivity contribution in [1.82, 2.24) is 9.78 Å². The summed E-state index contributed by atoms with van der Waals surface area (Å²) in [6.45, 7) is 0. The van der Waals surface area contributed by atoms with Crippen LogP contribution in [0.5, 0.6) is 0 Å². The number of anilines is 2. The number of aromatic nitrogens is 2. The number of para-hydroxylation sites is 1. The van der Waals surface area contributed by atoms with Crippen LogP contribution >= 0.6 is 0 Å². The number of fused-ring (bicyclic) bond motifs is 4. The molecule has 1 unspecified atom stereocenters. The van der Waals surface area contributed by atoms with E-state index in [0.717, 1.165) is 11.1 Å². The van der Waals surface area contributed by atoms with Crippen molar-refractivity contribution in [3.63, 3.8) is 0 Å². The highest BCUT2D eigenvalue weighted by molar-refractivity contribution is 6.23. The molecule has 2 aliphatic rings. The summed E-state index contributed by atoms with van der Waals surface area (Å²) >= 11 is 0. The highest BCUT2D eigenvalue weighted by atomic mass is 19.1. The molecule has 7 heteroatoms. The van der Waals surface area contributed by atoms with Crippen molar-refractivity contribution in [3.05, 3.63) is 148 Å². The minimum Gasteiger partial charge on any atom is -0.339 e. The zero-order valence-corrected chi connectivity index (χ0v) is 20.0. The fourth-order valence-electron chi connectivity index (χ4n) is 5.69. The van der Waals surface area contributed by atoms with Gasteiger partial charge in [0.2, 0.25) is 5.91 Å². The molecule has 1 atom stereocenters. The van der Waals surface area contributed by atoms with Gasteiger partial charge in [-0.05, 0) is 41.5 Å². The van der Waals surface area contributed by atoms with Crippen LogP contribution in [0.1, 0.15) is 22.3 Å². The minimum absolute atomic E-state index is 0.210. The quantitative estimate of drug-likeness (QED) is 0.305. The summed E-state index contributed by atoms with van der Waals surface area (Å²) in [5.74, 6) is -0.526. The van der Waals surface area contributed by atoms with Gasteiger partial charge >= 0.3 is 0 Å². The average Bonchev–Trinajstić information content (AvgIpc) is 3.44. The number of hydrogen-bond donors (Lipinski definition) is 3. The van der Waals surface area contributed by atoms with Crippen LogP contribution in [-0.4, -0.2) is 15.7 Å².